The molecular weight excluding hydrogens is 357 g/mol. The Morgan fingerprint density at radius 1 is 1.08 bits per heavy atom. The lowest BCUT2D eigenvalue weighted by Gasteiger charge is -2.30. The number of aromatic nitrogens is 3. The van der Waals surface area contributed by atoms with Gasteiger partial charge in [-0.15, -0.1) is 10.2 Å². The molecule has 9 heteroatoms. The predicted octanol–water partition coefficient (Wildman–Crippen LogP) is 1.72. The fraction of sp³-hybridized carbons (Fsp3) is 0.529. The summed E-state index contributed by atoms with van der Waals surface area (Å²) in [4.78, 5) is 0. The van der Waals surface area contributed by atoms with Gasteiger partial charge in [0.2, 0.25) is 0 Å². The van der Waals surface area contributed by atoms with Crippen LogP contribution in [0.5, 0.6) is 0 Å². The highest BCUT2D eigenvalue weighted by atomic mass is 32.2. The number of fused-ring (bicyclic) bond motifs is 1. The molecule has 0 bridgehead atoms. The zero-order chi connectivity index (χ0) is 18.1. The van der Waals surface area contributed by atoms with Crippen molar-refractivity contribution in [2.24, 2.45) is 0 Å². The molecule has 0 radical (unpaired) electrons. The zero-order valence-corrected chi connectivity index (χ0v) is 15.3. The number of rotatable bonds is 4. The van der Waals surface area contributed by atoms with Gasteiger partial charge in [-0.1, -0.05) is 6.42 Å². The van der Waals surface area contributed by atoms with Gasteiger partial charge in [0, 0.05) is 37.7 Å². The number of piperidine rings is 1. The van der Waals surface area contributed by atoms with Crippen molar-refractivity contribution in [1.82, 2.24) is 23.8 Å². The Kier molecular flexibility index (Phi) is 4.76. The summed E-state index contributed by atoms with van der Waals surface area (Å²) in [6.45, 7) is 1.64. The van der Waals surface area contributed by atoms with Crippen LogP contribution in [0.15, 0.2) is 24.3 Å². The summed E-state index contributed by atoms with van der Waals surface area (Å²) in [5.41, 5.74) is 0.768. The Hall–Kier alpha value is -1.84. The van der Waals surface area contributed by atoms with Gasteiger partial charge in [-0.2, -0.15) is 17.4 Å². The molecule has 2 aliphatic rings. The molecule has 7 nitrogen and oxygen atoms in total. The second-order valence-corrected chi connectivity index (χ2v) is 8.58. The number of benzene rings is 1. The first kappa shape index (κ1) is 17.6. The number of halogens is 1. The maximum Gasteiger partial charge on any atom is 0.279 e. The molecule has 1 saturated heterocycles. The Balaban J connectivity index is 1.52. The molecule has 3 heterocycles. The minimum atomic E-state index is -3.47. The van der Waals surface area contributed by atoms with Crippen LogP contribution in [-0.2, 0) is 23.2 Å². The molecule has 0 aliphatic carbocycles. The Bertz CT molecular complexity index is 875. The average molecular weight is 379 g/mol. The molecule has 0 amide bonds. The van der Waals surface area contributed by atoms with Crippen molar-refractivity contribution in [3.63, 3.8) is 0 Å². The monoisotopic (exact) mass is 379 g/mol. The Labute approximate surface area is 152 Å². The summed E-state index contributed by atoms with van der Waals surface area (Å²) in [5.74, 6) is 1.17. The third-order valence-corrected chi connectivity index (χ3v) is 6.70. The van der Waals surface area contributed by atoms with E-state index in [0.717, 1.165) is 30.7 Å². The summed E-state index contributed by atoms with van der Waals surface area (Å²) in [5, 5.41) is 8.43. The van der Waals surface area contributed by atoms with Crippen molar-refractivity contribution in [3.05, 3.63) is 35.9 Å². The maximum absolute atomic E-state index is 13.2. The average Bonchev–Trinajstić information content (AvgIpc) is 3.06. The van der Waals surface area contributed by atoms with Crippen LogP contribution >= 0.6 is 0 Å². The summed E-state index contributed by atoms with van der Waals surface area (Å²) >= 11 is 0. The molecule has 140 valence electrons. The summed E-state index contributed by atoms with van der Waals surface area (Å²) < 4.78 is 44.7. The fourth-order valence-corrected chi connectivity index (χ4v) is 5.13. The van der Waals surface area contributed by atoms with E-state index >= 15 is 0 Å². The van der Waals surface area contributed by atoms with E-state index in [2.05, 4.69) is 14.9 Å². The van der Waals surface area contributed by atoms with Crippen molar-refractivity contribution >= 4 is 10.2 Å². The van der Waals surface area contributed by atoms with Gasteiger partial charge in [0.1, 0.15) is 11.6 Å². The van der Waals surface area contributed by atoms with Gasteiger partial charge in [-0.05, 0) is 43.5 Å². The highest BCUT2D eigenvalue weighted by Gasteiger charge is 2.30. The lowest BCUT2D eigenvalue weighted by molar-refractivity contribution is 0.331. The summed E-state index contributed by atoms with van der Waals surface area (Å²) in [6.07, 6.45) is 4.25. The van der Waals surface area contributed by atoms with E-state index < -0.39 is 10.2 Å². The largest absolute Gasteiger partial charge is 0.309 e. The normalized spacial score (nSPS) is 21.5. The molecule has 1 aromatic heterocycles. The smallest absolute Gasteiger partial charge is 0.279 e. The second kappa shape index (κ2) is 7.05. The van der Waals surface area contributed by atoms with Crippen LogP contribution in [-0.4, -0.2) is 46.6 Å². The molecule has 0 unspecified atom stereocenters. The van der Waals surface area contributed by atoms with Crippen molar-refractivity contribution in [2.45, 2.75) is 44.7 Å². The van der Waals surface area contributed by atoms with Crippen LogP contribution in [0.2, 0.25) is 0 Å². The molecule has 1 N–H and O–H groups in total. The molecule has 0 spiro atoms. The van der Waals surface area contributed by atoms with Crippen LogP contribution in [0.4, 0.5) is 4.39 Å². The molecule has 4 rings (SSSR count). The van der Waals surface area contributed by atoms with Crippen molar-refractivity contribution in [3.8, 4) is 11.4 Å². The van der Waals surface area contributed by atoms with Crippen molar-refractivity contribution in [1.29, 1.82) is 0 Å². The molecule has 2 aromatic rings. The van der Waals surface area contributed by atoms with Crippen LogP contribution in [0.1, 0.15) is 31.5 Å². The zero-order valence-electron chi connectivity index (χ0n) is 14.4. The second-order valence-electron chi connectivity index (χ2n) is 6.88. The number of aryl methyl sites for hydroxylation is 1. The van der Waals surface area contributed by atoms with E-state index in [1.54, 1.807) is 16.4 Å². The van der Waals surface area contributed by atoms with Crippen LogP contribution < -0.4 is 4.72 Å². The molecular formula is C17H22FN5O2S. The number of hydrogen-bond donors (Lipinski definition) is 1. The Morgan fingerprint density at radius 3 is 2.54 bits per heavy atom. The highest BCUT2D eigenvalue weighted by Crippen LogP contribution is 2.24. The van der Waals surface area contributed by atoms with Gasteiger partial charge in [0.05, 0.1) is 0 Å². The van der Waals surface area contributed by atoms with Crippen molar-refractivity contribution < 1.29 is 12.8 Å². The number of nitrogens with zero attached hydrogens (tertiary/aromatic N) is 4. The summed E-state index contributed by atoms with van der Waals surface area (Å²) in [7, 11) is -3.47. The van der Waals surface area contributed by atoms with Gasteiger partial charge < -0.3 is 4.57 Å². The van der Waals surface area contributed by atoms with Gasteiger partial charge >= 0.3 is 0 Å². The van der Waals surface area contributed by atoms with E-state index in [1.165, 1.54) is 12.1 Å². The first-order valence-electron chi connectivity index (χ1n) is 8.98. The highest BCUT2D eigenvalue weighted by molar-refractivity contribution is 7.87. The lowest BCUT2D eigenvalue weighted by Crippen LogP contribution is -2.49. The van der Waals surface area contributed by atoms with Crippen LogP contribution in [0.3, 0.4) is 0 Å². The maximum atomic E-state index is 13.2. The number of hydrogen-bond acceptors (Lipinski definition) is 4. The minimum Gasteiger partial charge on any atom is -0.309 e. The first-order chi connectivity index (χ1) is 12.5. The fourth-order valence-electron chi connectivity index (χ4n) is 3.63. The predicted molar refractivity (Wildman–Crippen MR) is 95.0 cm³/mol. The topological polar surface area (TPSA) is 80.1 Å². The van der Waals surface area contributed by atoms with E-state index in [1.807, 2.05) is 4.57 Å². The van der Waals surface area contributed by atoms with Gasteiger partial charge in [0.25, 0.3) is 10.2 Å². The van der Waals surface area contributed by atoms with E-state index in [-0.39, 0.29) is 11.9 Å². The van der Waals surface area contributed by atoms with E-state index in [4.69, 9.17) is 0 Å². The molecule has 1 fully saturated rings. The van der Waals surface area contributed by atoms with Crippen LogP contribution in [0, 0.1) is 5.82 Å². The lowest BCUT2D eigenvalue weighted by atomic mass is 10.1. The number of nitrogens with one attached hydrogen (secondary N) is 1. The summed E-state index contributed by atoms with van der Waals surface area (Å²) in [6, 6.07) is 5.89. The Morgan fingerprint density at radius 2 is 1.81 bits per heavy atom. The third-order valence-electron chi connectivity index (χ3n) is 5.02. The molecule has 1 atom stereocenters. The quantitative estimate of drug-likeness (QED) is 0.877. The van der Waals surface area contributed by atoms with Gasteiger partial charge in [-0.3, -0.25) is 0 Å². The molecule has 2 aliphatic heterocycles. The molecule has 0 saturated carbocycles. The SMILES string of the molecule is O=S(=O)(N[C@H]1CCc2nnc(-c3ccc(F)cc3)n2C1)N1CCCCC1. The third kappa shape index (κ3) is 3.51. The standard InChI is InChI=1S/C17H22FN5O2S/c18-14-6-4-13(5-7-14)17-20-19-16-9-8-15(12-23(16)17)21-26(24,25)22-10-2-1-3-11-22/h4-7,15,21H,1-3,8-12H2/t15-/m0/s1. The van der Waals surface area contributed by atoms with Crippen molar-refractivity contribution in [2.75, 3.05) is 13.1 Å². The van der Waals surface area contributed by atoms with Gasteiger partial charge in [0.15, 0.2) is 5.82 Å². The molecule has 26 heavy (non-hydrogen) atoms. The van der Waals surface area contributed by atoms with E-state index in [0.29, 0.717) is 38.3 Å². The first-order valence-corrected chi connectivity index (χ1v) is 10.4. The minimum absolute atomic E-state index is 0.204. The van der Waals surface area contributed by atoms with E-state index in [9.17, 15) is 12.8 Å². The van der Waals surface area contributed by atoms with Gasteiger partial charge in [-0.25, -0.2) is 4.39 Å². The molecule has 1 aromatic carbocycles. The van der Waals surface area contributed by atoms with Crippen LogP contribution in [0.25, 0.3) is 11.4 Å².